The smallest absolute Gasteiger partial charge is 0.242 e. The molecule has 1 fully saturated rings. The van der Waals surface area contributed by atoms with Gasteiger partial charge in [0.05, 0.1) is 29.9 Å². The molecule has 0 bridgehead atoms. The highest BCUT2D eigenvalue weighted by Crippen LogP contribution is 2.18. The summed E-state index contributed by atoms with van der Waals surface area (Å²) in [6, 6.07) is 0. The van der Waals surface area contributed by atoms with E-state index in [0.29, 0.717) is 38.2 Å². The molecular formula is C25H44BN5O7S2. The number of likely N-dealkylation sites (tertiary alicyclic amines) is 1. The van der Waals surface area contributed by atoms with Gasteiger partial charge in [-0.1, -0.05) is 32.6 Å². The molecule has 1 rings (SSSR count). The molecule has 1 unspecified atom stereocenters. The molecule has 1 aliphatic heterocycles. The second kappa shape index (κ2) is 28.0. The Morgan fingerprint density at radius 1 is 0.950 bits per heavy atom. The summed E-state index contributed by atoms with van der Waals surface area (Å²) in [5, 5.41) is 9.30. The van der Waals surface area contributed by atoms with Gasteiger partial charge in [0.1, 0.15) is 0 Å². The summed E-state index contributed by atoms with van der Waals surface area (Å²) in [6.07, 6.45) is 8.84. The van der Waals surface area contributed by atoms with Gasteiger partial charge in [0.2, 0.25) is 36.4 Å². The third-order valence-corrected chi connectivity index (χ3v) is 6.43. The minimum absolute atomic E-state index is 0.0165. The Morgan fingerprint density at radius 3 is 2.05 bits per heavy atom. The Labute approximate surface area is 248 Å². The number of nitrogens with one attached hydrogen (secondary N) is 4. The number of carbonyl (C=O) groups excluding carboxylic acids is 7. The van der Waals surface area contributed by atoms with Crippen molar-refractivity contribution in [3.63, 3.8) is 0 Å². The standard InChI is InChI=1S/C10H17BN2O3S.C10H17NO2S.C5H10N2O2/c11-9(15)4-2-1-3-5-17-8-13-10(16)6-12-7-14;1-2-3-4-5-6-11-9(12)7-8(14)10(11)13;1-2-7-5(9)3-6-4-8/h7H,1-6,8H2,(H,12,14)(H,13,16);8,14H,2-7H2,1H3;4H,2-3H2,1H3,(H,6,8)(H,7,9). The first kappa shape index (κ1) is 39.6. The van der Waals surface area contributed by atoms with Crippen molar-refractivity contribution in [2.75, 3.05) is 37.8 Å². The van der Waals surface area contributed by atoms with Gasteiger partial charge < -0.3 is 26.1 Å². The summed E-state index contributed by atoms with van der Waals surface area (Å²) in [6.45, 7) is 5.21. The minimum Gasteiger partial charge on any atom is -0.355 e. The number of carbonyl (C=O) groups is 7. The van der Waals surface area contributed by atoms with Crippen LogP contribution in [0.2, 0.25) is 0 Å². The van der Waals surface area contributed by atoms with Gasteiger partial charge in [0.25, 0.3) is 0 Å². The number of thioether (sulfide) groups is 1. The van der Waals surface area contributed by atoms with Crippen LogP contribution >= 0.6 is 24.4 Å². The number of imide groups is 1. The van der Waals surface area contributed by atoms with Crippen molar-refractivity contribution in [2.45, 2.75) is 76.9 Å². The van der Waals surface area contributed by atoms with Crippen LogP contribution in [0.15, 0.2) is 0 Å². The number of rotatable bonds is 20. The van der Waals surface area contributed by atoms with Gasteiger partial charge in [-0.2, -0.15) is 12.6 Å². The molecule has 0 spiro atoms. The highest BCUT2D eigenvalue weighted by molar-refractivity contribution is 7.99. The van der Waals surface area contributed by atoms with Gasteiger partial charge in [-0.3, -0.25) is 33.7 Å². The topological polar surface area (TPSA) is 171 Å². The molecule has 1 atom stereocenters. The maximum Gasteiger partial charge on any atom is 0.242 e. The lowest BCUT2D eigenvalue weighted by atomic mass is 9.97. The van der Waals surface area contributed by atoms with Crippen molar-refractivity contribution in [2.24, 2.45) is 0 Å². The van der Waals surface area contributed by atoms with Crippen molar-refractivity contribution < 1.29 is 33.6 Å². The van der Waals surface area contributed by atoms with E-state index in [1.807, 2.05) is 6.92 Å². The van der Waals surface area contributed by atoms with Crippen molar-refractivity contribution >= 4 is 74.4 Å². The Morgan fingerprint density at radius 2 is 1.55 bits per heavy atom. The van der Waals surface area contributed by atoms with Crippen LogP contribution in [0.4, 0.5) is 0 Å². The molecule has 0 aliphatic carbocycles. The summed E-state index contributed by atoms with van der Waals surface area (Å²) in [5.41, 5.74) is -0.257. The van der Waals surface area contributed by atoms with Gasteiger partial charge in [-0.25, -0.2) is 0 Å². The van der Waals surface area contributed by atoms with Gasteiger partial charge in [-0.15, -0.1) is 11.8 Å². The number of nitrogens with zero attached hydrogens (tertiary/aromatic N) is 1. The van der Waals surface area contributed by atoms with Crippen molar-refractivity contribution in [1.82, 2.24) is 26.2 Å². The average molecular weight is 602 g/mol. The predicted octanol–water partition coefficient (Wildman–Crippen LogP) is 0.287. The molecule has 2 radical (unpaired) electrons. The lowest BCUT2D eigenvalue weighted by Gasteiger charge is -2.13. The molecule has 0 aromatic rings. The second-order valence-electron chi connectivity index (χ2n) is 8.54. The Hall–Kier alpha value is -2.55. The van der Waals surface area contributed by atoms with Crippen LogP contribution in [0.1, 0.15) is 71.6 Å². The number of likely N-dealkylation sites (N-methyl/N-ethyl adjacent to an activating group) is 1. The maximum atomic E-state index is 11.4. The van der Waals surface area contributed by atoms with E-state index in [1.54, 1.807) is 11.8 Å². The molecule has 4 N–H and O–H groups in total. The van der Waals surface area contributed by atoms with E-state index in [0.717, 1.165) is 44.3 Å². The fraction of sp³-hybridized carbons (Fsp3) is 0.720. The van der Waals surface area contributed by atoms with Crippen molar-refractivity contribution in [1.29, 1.82) is 0 Å². The third-order valence-electron chi connectivity index (χ3n) is 5.10. The number of unbranched alkanes of at least 4 members (excludes halogenated alkanes) is 5. The molecule has 1 saturated heterocycles. The van der Waals surface area contributed by atoms with Gasteiger partial charge in [0, 0.05) is 19.5 Å². The normalized spacial score (nSPS) is 13.7. The summed E-state index contributed by atoms with van der Waals surface area (Å²) in [4.78, 5) is 75.5. The summed E-state index contributed by atoms with van der Waals surface area (Å²) < 4.78 is 0. The molecule has 1 heterocycles. The van der Waals surface area contributed by atoms with Crippen LogP contribution in [0.5, 0.6) is 0 Å². The predicted molar refractivity (Wildman–Crippen MR) is 160 cm³/mol. The monoisotopic (exact) mass is 601 g/mol. The molecule has 226 valence electrons. The molecule has 15 heteroatoms. The van der Waals surface area contributed by atoms with Crippen LogP contribution in [0, 0.1) is 0 Å². The number of hydrogen-bond acceptors (Lipinski definition) is 9. The van der Waals surface area contributed by atoms with E-state index in [9.17, 15) is 33.6 Å². The highest BCUT2D eigenvalue weighted by atomic mass is 32.2. The Bertz CT molecular complexity index is 778. The molecular weight excluding hydrogens is 557 g/mol. The molecule has 12 nitrogen and oxygen atoms in total. The largest absolute Gasteiger partial charge is 0.355 e. The van der Waals surface area contributed by atoms with Crippen LogP contribution in [-0.2, 0) is 33.6 Å². The fourth-order valence-corrected chi connectivity index (χ4v) is 4.18. The van der Waals surface area contributed by atoms with E-state index < -0.39 is 5.25 Å². The van der Waals surface area contributed by atoms with E-state index in [4.69, 9.17) is 7.85 Å². The second-order valence-corrected chi connectivity index (χ2v) is 10.3. The molecule has 6 amide bonds. The zero-order chi connectivity index (χ0) is 30.6. The van der Waals surface area contributed by atoms with Crippen LogP contribution < -0.4 is 21.3 Å². The lowest BCUT2D eigenvalue weighted by molar-refractivity contribution is -0.138. The quantitative estimate of drug-likeness (QED) is 0.0331. The zero-order valence-corrected chi connectivity index (χ0v) is 25.3. The van der Waals surface area contributed by atoms with Gasteiger partial charge >= 0.3 is 0 Å². The van der Waals surface area contributed by atoms with E-state index in [-0.39, 0.29) is 48.8 Å². The highest BCUT2D eigenvalue weighted by Gasteiger charge is 2.35. The molecule has 1 aliphatic rings. The summed E-state index contributed by atoms with van der Waals surface area (Å²) in [5.74, 6) is 0.930. The SMILES string of the molecule is CCCCCCN1C(=O)CC(S)C1=O.CCNC(=O)CNC=O.[B]C(=O)CCCCCSCNC(=O)CNC=O. The van der Waals surface area contributed by atoms with Gasteiger partial charge in [-0.05, 0) is 38.4 Å². The number of hydrogen-bond donors (Lipinski definition) is 5. The lowest BCUT2D eigenvalue weighted by Crippen LogP contribution is -2.32. The summed E-state index contributed by atoms with van der Waals surface area (Å²) in [7, 11) is 5.01. The number of thiol groups is 1. The van der Waals surface area contributed by atoms with E-state index in [2.05, 4.69) is 40.8 Å². The number of amides is 6. The van der Waals surface area contributed by atoms with Gasteiger partial charge in [0.15, 0.2) is 7.85 Å². The first-order valence-corrected chi connectivity index (χ1v) is 15.1. The van der Waals surface area contributed by atoms with Crippen LogP contribution in [0.3, 0.4) is 0 Å². The Balaban J connectivity index is 0. The maximum absolute atomic E-state index is 11.4. The van der Waals surface area contributed by atoms with Crippen molar-refractivity contribution in [3.8, 4) is 0 Å². The zero-order valence-electron chi connectivity index (χ0n) is 23.6. The molecule has 0 saturated carbocycles. The minimum atomic E-state index is -0.395. The van der Waals surface area contributed by atoms with E-state index >= 15 is 0 Å². The van der Waals surface area contributed by atoms with Crippen LogP contribution in [0.25, 0.3) is 0 Å². The van der Waals surface area contributed by atoms with Crippen LogP contribution in [-0.4, -0.2) is 97.9 Å². The Kier molecular flexibility index (Phi) is 27.7. The average Bonchev–Trinajstić information content (AvgIpc) is 3.16. The molecule has 0 aromatic heterocycles. The first-order chi connectivity index (χ1) is 19.1. The van der Waals surface area contributed by atoms with Crippen molar-refractivity contribution in [3.05, 3.63) is 0 Å². The first-order valence-electron chi connectivity index (χ1n) is 13.4. The fourth-order valence-electron chi connectivity index (χ4n) is 3.07. The third kappa shape index (κ3) is 24.5. The molecule has 40 heavy (non-hydrogen) atoms. The van der Waals surface area contributed by atoms with E-state index in [1.165, 1.54) is 11.3 Å². The molecule has 0 aromatic carbocycles. The summed E-state index contributed by atoms with van der Waals surface area (Å²) >= 11 is 5.67.